The van der Waals surface area contributed by atoms with Gasteiger partial charge in [0.05, 0.1) is 24.3 Å². The van der Waals surface area contributed by atoms with Gasteiger partial charge in [0.2, 0.25) is 0 Å². The number of hydrogen-bond acceptors (Lipinski definition) is 4. The molecule has 4 aromatic carbocycles. The van der Waals surface area contributed by atoms with Gasteiger partial charge in [-0.25, -0.2) is 0 Å². The third kappa shape index (κ3) is 8.83. The molecule has 8 heteroatoms. The molecule has 4 rings (SSSR count). The van der Waals surface area contributed by atoms with Gasteiger partial charge in [-0.2, -0.15) is 0 Å². The summed E-state index contributed by atoms with van der Waals surface area (Å²) in [5.41, 5.74) is 3.90. The highest BCUT2D eigenvalue weighted by atomic mass is 79.9. The largest absolute Gasteiger partial charge is 0.386 e. The highest BCUT2D eigenvalue weighted by Crippen LogP contribution is 2.31. The Morgan fingerprint density at radius 3 is 0.842 bits per heavy atom. The summed E-state index contributed by atoms with van der Waals surface area (Å²) >= 11 is 13.6. The Balaban J connectivity index is 0.000000211. The molecule has 0 unspecified atom stereocenters. The monoisotopic (exact) mass is 766 g/mol. The average Bonchev–Trinajstić information content (AvgIpc) is 2.92. The molecule has 0 aliphatic heterocycles. The average molecular weight is 770 g/mol. The number of aliphatic hydroxyl groups excluding tert-OH is 2. The van der Waals surface area contributed by atoms with Crippen molar-refractivity contribution in [3.63, 3.8) is 0 Å². The van der Waals surface area contributed by atoms with Gasteiger partial charge in [0, 0.05) is 17.9 Å². The van der Waals surface area contributed by atoms with Crippen LogP contribution in [0.1, 0.15) is 46.5 Å². The summed E-state index contributed by atoms with van der Waals surface area (Å²) in [5, 5.41) is 27.4. The van der Waals surface area contributed by atoms with E-state index < -0.39 is 12.2 Å². The van der Waals surface area contributed by atoms with Gasteiger partial charge in [-0.05, 0) is 84.9 Å². The minimum Gasteiger partial charge on any atom is -0.386 e. The molecule has 0 aromatic heterocycles. The van der Waals surface area contributed by atoms with Gasteiger partial charge in [0.1, 0.15) is 0 Å². The molecule has 0 spiro atoms. The fourth-order valence-corrected chi connectivity index (χ4v) is 5.12. The van der Waals surface area contributed by atoms with E-state index in [0.717, 1.165) is 40.1 Å². The lowest BCUT2D eigenvalue weighted by atomic mass is 9.96. The Bertz CT molecular complexity index is 1150. The fraction of sp³-hybridized carbons (Fsp3) is 0.200. The SMILES string of the molecule is CN[C@@H](c1ccc(Br)cc1)[C@H](O)c1ccc(Br)cc1.CN[C@H](c1ccc(Br)cc1)[C@@H](O)c1ccc(Br)cc1. The summed E-state index contributed by atoms with van der Waals surface area (Å²) in [7, 11) is 3.71. The first-order valence-electron chi connectivity index (χ1n) is 12.0. The molecule has 4 N–H and O–H groups in total. The summed E-state index contributed by atoms with van der Waals surface area (Å²) in [6, 6.07) is 31.2. The molecule has 0 aliphatic rings. The third-order valence-electron chi connectivity index (χ3n) is 6.13. The van der Waals surface area contributed by atoms with Crippen molar-refractivity contribution < 1.29 is 10.2 Å². The standard InChI is InChI=1S/2C15H15Br2NO/c2*1-18-14(10-2-6-12(16)7-3-10)15(19)11-4-8-13(17)9-5-11/h2*2-9,14-15,18-19H,1H3/t2*14-,15+/m10/s1. The molecule has 0 heterocycles. The molecular formula is C30H30Br4N2O2. The Morgan fingerprint density at radius 2 is 0.632 bits per heavy atom. The second-order valence-corrected chi connectivity index (χ2v) is 12.3. The van der Waals surface area contributed by atoms with Crippen LogP contribution in [-0.2, 0) is 0 Å². The lowest BCUT2D eigenvalue weighted by Gasteiger charge is -2.23. The summed E-state index contributed by atoms with van der Waals surface area (Å²) in [6.45, 7) is 0. The van der Waals surface area contributed by atoms with Crippen LogP contribution >= 0.6 is 63.7 Å². The van der Waals surface area contributed by atoms with Crippen LogP contribution in [-0.4, -0.2) is 24.3 Å². The zero-order valence-electron chi connectivity index (χ0n) is 21.0. The number of nitrogens with one attached hydrogen (secondary N) is 2. The molecule has 0 fully saturated rings. The number of halogens is 4. The molecule has 4 atom stereocenters. The van der Waals surface area contributed by atoms with Crippen molar-refractivity contribution in [2.45, 2.75) is 24.3 Å². The Hall–Kier alpha value is -1.36. The highest BCUT2D eigenvalue weighted by molar-refractivity contribution is 9.11. The highest BCUT2D eigenvalue weighted by Gasteiger charge is 2.22. The zero-order chi connectivity index (χ0) is 27.7. The van der Waals surface area contributed by atoms with Crippen molar-refractivity contribution in [1.29, 1.82) is 0 Å². The molecule has 0 amide bonds. The van der Waals surface area contributed by atoms with E-state index in [1.54, 1.807) is 0 Å². The molecule has 0 saturated heterocycles. The van der Waals surface area contributed by atoms with Crippen LogP contribution in [0.2, 0.25) is 0 Å². The van der Waals surface area contributed by atoms with E-state index in [4.69, 9.17) is 0 Å². The van der Waals surface area contributed by atoms with Gasteiger partial charge in [0.15, 0.2) is 0 Å². The maximum absolute atomic E-state index is 10.5. The van der Waals surface area contributed by atoms with Gasteiger partial charge in [-0.1, -0.05) is 112 Å². The summed E-state index contributed by atoms with van der Waals surface area (Å²) in [6.07, 6.45) is -1.17. The van der Waals surface area contributed by atoms with Gasteiger partial charge >= 0.3 is 0 Å². The quantitative estimate of drug-likeness (QED) is 0.146. The number of hydrogen-bond donors (Lipinski definition) is 4. The second kappa shape index (κ2) is 15.4. The summed E-state index contributed by atoms with van der Waals surface area (Å²) < 4.78 is 4.08. The maximum Gasteiger partial charge on any atom is 0.0984 e. The smallest absolute Gasteiger partial charge is 0.0984 e. The number of aliphatic hydroxyl groups is 2. The Kier molecular flexibility index (Phi) is 12.7. The van der Waals surface area contributed by atoms with E-state index in [9.17, 15) is 10.2 Å². The predicted molar refractivity (Wildman–Crippen MR) is 170 cm³/mol. The van der Waals surface area contributed by atoms with Crippen LogP contribution in [0.15, 0.2) is 115 Å². The fourth-order valence-electron chi connectivity index (χ4n) is 4.06. The van der Waals surface area contributed by atoms with E-state index in [1.807, 2.05) is 111 Å². The second-order valence-electron chi connectivity index (χ2n) is 8.63. The van der Waals surface area contributed by atoms with Gasteiger partial charge in [-0.3, -0.25) is 0 Å². The first kappa shape index (κ1) is 31.2. The van der Waals surface area contributed by atoms with Crippen LogP contribution in [0.4, 0.5) is 0 Å². The topological polar surface area (TPSA) is 64.5 Å². The van der Waals surface area contributed by atoms with E-state index in [0.29, 0.717) is 0 Å². The van der Waals surface area contributed by atoms with Crippen LogP contribution < -0.4 is 10.6 Å². The first-order chi connectivity index (χ1) is 18.2. The van der Waals surface area contributed by atoms with Crippen molar-refractivity contribution >= 4 is 63.7 Å². The minimum atomic E-state index is -0.584. The normalized spacial score (nSPS) is 14.1. The van der Waals surface area contributed by atoms with E-state index in [1.165, 1.54) is 0 Å². The van der Waals surface area contributed by atoms with Crippen LogP contribution in [0, 0.1) is 0 Å². The van der Waals surface area contributed by atoms with Crippen molar-refractivity contribution in [2.75, 3.05) is 14.1 Å². The number of benzene rings is 4. The van der Waals surface area contributed by atoms with E-state index >= 15 is 0 Å². The molecule has 38 heavy (non-hydrogen) atoms. The Labute approximate surface area is 258 Å². The molecule has 0 radical (unpaired) electrons. The molecule has 4 nitrogen and oxygen atoms in total. The van der Waals surface area contributed by atoms with Crippen molar-refractivity contribution in [2.24, 2.45) is 0 Å². The van der Waals surface area contributed by atoms with E-state index in [2.05, 4.69) is 74.4 Å². The third-order valence-corrected chi connectivity index (χ3v) is 8.25. The molecular weight excluding hydrogens is 740 g/mol. The summed E-state index contributed by atoms with van der Waals surface area (Å²) in [4.78, 5) is 0. The number of likely N-dealkylation sites (N-methyl/N-ethyl adjacent to an activating group) is 2. The van der Waals surface area contributed by atoms with Crippen molar-refractivity contribution in [1.82, 2.24) is 10.6 Å². The predicted octanol–water partition coefficient (Wildman–Crippen LogP) is 8.41. The van der Waals surface area contributed by atoms with Crippen LogP contribution in [0.5, 0.6) is 0 Å². The van der Waals surface area contributed by atoms with E-state index in [-0.39, 0.29) is 12.1 Å². The van der Waals surface area contributed by atoms with Crippen LogP contribution in [0.25, 0.3) is 0 Å². The van der Waals surface area contributed by atoms with Gasteiger partial charge < -0.3 is 20.8 Å². The molecule has 0 saturated carbocycles. The zero-order valence-corrected chi connectivity index (χ0v) is 27.3. The molecule has 0 bridgehead atoms. The maximum atomic E-state index is 10.5. The summed E-state index contributed by atoms with van der Waals surface area (Å²) in [5.74, 6) is 0. The van der Waals surface area contributed by atoms with Crippen molar-refractivity contribution in [3.05, 3.63) is 137 Å². The van der Waals surface area contributed by atoms with Crippen molar-refractivity contribution in [3.8, 4) is 0 Å². The van der Waals surface area contributed by atoms with Crippen LogP contribution in [0.3, 0.4) is 0 Å². The molecule has 200 valence electrons. The van der Waals surface area contributed by atoms with Gasteiger partial charge in [-0.15, -0.1) is 0 Å². The lowest BCUT2D eigenvalue weighted by molar-refractivity contribution is 0.132. The lowest BCUT2D eigenvalue weighted by Crippen LogP contribution is -2.23. The minimum absolute atomic E-state index is 0.130. The first-order valence-corrected chi connectivity index (χ1v) is 15.1. The molecule has 0 aliphatic carbocycles. The Morgan fingerprint density at radius 1 is 0.421 bits per heavy atom. The van der Waals surface area contributed by atoms with Gasteiger partial charge in [0.25, 0.3) is 0 Å². The molecule has 4 aromatic rings. The number of rotatable bonds is 8.